The number of nitrogens with two attached hydrogens (primary N) is 1. The molecule has 0 bridgehead atoms. The van der Waals surface area contributed by atoms with Crippen molar-refractivity contribution in [3.63, 3.8) is 0 Å². The molecule has 1 saturated heterocycles. The highest BCUT2D eigenvalue weighted by Gasteiger charge is 2.35. The van der Waals surface area contributed by atoms with Crippen LogP contribution in [0.25, 0.3) is 0 Å². The van der Waals surface area contributed by atoms with Gasteiger partial charge in [-0.1, -0.05) is 6.92 Å². The maximum absolute atomic E-state index is 12.3. The summed E-state index contributed by atoms with van der Waals surface area (Å²) in [7, 11) is 1.65. The van der Waals surface area contributed by atoms with Gasteiger partial charge in [0.15, 0.2) is 0 Å². The first-order valence-electron chi connectivity index (χ1n) is 6.97. The van der Waals surface area contributed by atoms with Crippen molar-refractivity contribution in [2.45, 2.75) is 31.9 Å². The van der Waals surface area contributed by atoms with Gasteiger partial charge in [0.05, 0.1) is 12.3 Å². The second-order valence-electron chi connectivity index (χ2n) is 5.22. The Morgan fingerprint density at radius 2 is 2.45 bits per heavy atom. The van der Waals surface area contributed by atoms with Gasteiger partial charge < -0.3 is 25.1 Å². The zero-order valence-corrected chi connectivity index (χ0v) is 12.1. The van der Waals surface area contributed by atoms with Crippen molar-refractivity contribution in [3.05, 3.63) is 18.0 Å². The molecule has 0 aromatic carbocycles. The number of methoxy groups -OCH3 is 1. The number of aryl methyl sites for hydroxylation is 1. The molecule has 2 rings (SSSR count). The summed E-state index contributed by atoms with van der Waals surface area (Å²) in [6.45, 7) is 4.47. The van der Waals surface area contributed by atoms with Crippen molar-refractivity contribution in [1.82, 2.24) is 9.88 Å². The number of rotatable bonds is 6. The van der Waals surface area contributed by atoms with E-state index in [4.69, 9.17) is 15.2 Å². The molecule has 0 spiro atoms. The van der Waals surface area contributed by atoms with E-state index in [-0.39, 0.29) is 5.91 Å². The lowest BCUT2D eigenvalue weighted by Gasteiger charge is -2.25. The van der Waals surface area contributed by atoms with Gasteiger partial charge in [-0.2, -0.15) is 0 Å². The predicted molar refractivity (Wildman–Crippen MR) is 76.6 cm³/mol. The van der Waals surface area contributed by atoms with E-state index in [1.165, 1.54) is 0 Å². The number of aromatic nitrogens is 1. The molecule has 1 fully saturated rings. The number of nitrogens with zero attached hydrogens (tertiary/aromatic N) is 1. The Balaban J connectivity index is 2.01. The maximum atomic E-state index is 12.3. The van der Waals surface area contributed by atoms with E-state index < -0.39 is 5.60 Å². The summed E-state index contributed by atoms with van der Waals surface area (Å²) in [6, 6.07) is 1.70. The molecular weight excluding hydrogens is 258 g/mol. The second-order valence-corrected chi connectivity index (χ2v) is 5.22. The van der Waals surface area contributed by atoms with Crippen molar-refractivity contribution in [3.8, 4) is 0 Å². The molecule has 20 heavy (non-hydrogen) atoms. The zero-order chi connectivity index (χ0) is 14.6. The smallest absolute Gasteiger partial charge is 0.268 e. The number of hydrogen-bond acceptors (Lipinski definition) is 4. The maximum Gasteiger partial charge on any atom is 0.268 e. The van der Waals surface area contributed by atoms with Crippen LogP contribution in [0, 0.1) is 0 Å². The standard InChI is InChI=1S/C14H23N3O3/c1-3-5-17-8-11(15)7-12(17)13(18)16-9-14(19-2)4-6-20-10-14/h7-8H,3-6,9-10,15H2,1-2H3,(H,16,18). The van der Waals surface area contributed by atoms with Crippen molar-refractivity contribution in [1.29, 1.82) is 0 Å². The lowest BCUT2D eigenvalue weighted by Crippen LogP contribution is -2.45. The lowest BCUT2D eigenvalue weighted by atomic mass is 10.0. The number of ether oxygens (including phenoxy) is 2. The van der Waals surface area contributed by atoms with Crippen molar-refractivity contribution >= 4 is 11.6 Å². The van der Waals surface area contributed by atoms with E-state index >= 15 is 0 Å². The number of nitrogen functional groups attached to an aromatic ring is 1. The quantitative estimate of drug-likeness (QED) is 0.816. The topological polar surface area (TPSA) is 78.5 Å². The van der Waals surface area contributed by atoms with Crippen LogP contribution in [0.15, 0.2) is 12.3 Å². The number of carbonyl (C=O) groups is 1. The Morgan fingerprint density at radius 1 is 1.65 bits per heavy atom. The monoisotopic (exact) mass is 281 g/mol. The Labute approximate surface area is 119 Å². The molecule has 112 valence electrons. The molecule has 0 radical (unpaired) electrons. The molecule has 1 aliphatic heterocycles. The minimum Gasteiger partial charge on any atom is -0.397 e. The Kier molecular flexibility index (Phi) is 4.67. The normalized spacial score (nSPS) is 22.1. The van der Waals surface area contributed by atoms with E-state index in [1.807, 2.05) is 4.57 Å². The van der Waals surface area contributed by atoms with Crippen LogP contribution < -0.4 is 11.1 Å². The molecular formula is C14H23N3O3. The Morgan fingerprint density at radius 3 is 3.05 bits per heavy atom. The summed E-state index contributed by atoms with van der Waals surface area (Å²) in [5.74, 6) is -0.126. The van der Waals surface area contributed by atoms with Gasteiger partial charge in [0.25, 0.3) is 5.91 Å². The number of carbonyl (C=O) groups excluding carboxylic acids is 1. The van der Waals surface area contributed by atoms with Gasteiger partial charge in [-0.3, -0.25) is 4.79 Å². The molecule has 6 heteroatoms. The predicted octanol–water partition coefficient (Wildman–Crippen LogP) is 1.02. The summed E-state index contributed by atoms with van der Waals surface area (Å²) in [5.41, 5.74) is 6.57. The van der Waals surface area contributed by atoms with Crippen LogP contribution in [0.3, 0.4) is 0 Å². The number of hydrogen-bond donors (Lipinski definition) is 2. The molecule has 1 unspecified atom stereocenters. The van der Waals surface area contributed by atoms with Gasteiger partial charge in [0, 0.05) is 39.4 Å². The lowest BCUT2D eigenvalue weighted by molar-refractivity contribution is -0.0149. The molecule has 6 nitrogen and oxygen atoms in total. The fourth-order valence-electron chi connectivity index (χ4n) is 2.44. The fourth-order valence-corrected chi connectivity index (χ4v) is 2.44. The van der Waals surface area contributed by atoms with Crippen LogP contribution in [0.2, 0.25) is 0 Å². The van der Waals surface area contributed by atoms with E-state index in [0.29, 0.717) is 31.1 Å². The molecule has 1 aromatic rings. The highest BCUT2D eigenvalue weighted by Crippen LogP contribution is 2.21. The van der Waals surface area contributed by atoms with E-state index in [9.17, 15) is 4.79 Å². The molecule has 1 aromatic heterocycles. The van der Waals surface area contributed by atoms with Crippen molar-refractivity contribution < 1.29 is 14.3 Å². The molecule has 0 aliphatic carbocycles. The second kappa shape index (κ2) is 6.28. The SMILES string of the molecule is CCCn1cc(N)cc1C(=O)NCC1(OC)CCOC1. The van der Waals surface area contributed by atoms with Crippen molar-refractivity contribution in [2.24, 2.45) is 0 Å². The third kappa shape index (κ3) is 3.13. The Hall–Kier alpha value is -1.53. The summed E-state index contributed by atoms with van der Waals surface area (Å²) in [6.07, 6.45) is 3.54. The first-order valence-corrected chi connectivity index (χ1v) is 6.97. The number of nitrogens with one attached hydrogen (secondary N) is 1. The van der Waals surface area contributed by atoms with E-state index in [1.54, 1.807) is 19.4 Å². The van der Waals surface area contributed by atoms with Crippen LogP contribution in [-0.2, 0) is 16.0 Å². The molecule has 1 atom stereocenters. The highest BCUT2D eigenvalue weighted by molar-refractivity contribution is 5.93. The molecule has 0 saturated carbocycles. The number of anilines is 1. The first-order chi connectivity index (χ1) is 9.60. The average Bonchev–Trinajstić information content (AvgIpc) is 3.04. The molecule has 2 heterocycles. The number of amides is 1. The summed E-state index contributed by atoms with van der Waals surface area (Å²) >= 11 is 0. The van der Waals surface area contributed by atoms with Gasteiger partial charge in [-0.05, 0) is 12.5 Å². The van der Waals surface area contributed by atoms with E-state index in [0.717, 1.165) is 19.4 Å². The summed E-state index contributed by atoms with van der Waals surface area (Å²) in [4.78, 5) is 12.3. The summed E-state index contributed by atoms with van der Waals surface area (Å²) in [5, 5.41) is 2.92. The van der Waals surface area contributed by atoms with Crippen LogP contribution in [0.4, 0.5) is 5.69 Å². The summed E-state index contributed by atoms with van der Waals surface area (Å²) < 4.78 is 12.7. The van der Waals surface area contributed by atoms with Crippen molar-refractivity contribution in [2.75, 3.05) is 32.6 Å². The van der Waals surface area contributed by atoms with Crippen LogP contribution in [0.1, 0.15) is 30.3 Å². The van der Waals surface area contributed by atoms with Crippen LogP contribution in [0.5, 0.6) is 0 Å². The van der Waals surface area contributed by atoms with Gasteiger partial charge in [0.2, 0.25) is 0 Å². The Bertz CT molecular complexity index is 464. The third-order valence-corrected chi connectivity index (χ3v) is 3.69. The largest absolute Gasteiger partial charge is 0.397 e. The minimum atomic E-state index is -0.399. The van der Waals surface area contributed by atoms with Gasteiger partial charge in [0.1, 0.15) is 11.3 Å². The van der Waals surface area contributed by atoms with E-state index in [2.05, 4.69) is 12.2 Å². The third-order valence-electron chi connectivity index (χ3n) is 3.69. The van der Waals surface area contributed by atoms with Gasteiger partial charge in [-0.15, -0.1) is 0 Å². The van der Waals surface area contributed by atoms with Gasteiger partial charge >= 0.3 is 0 Å². The molecule has 1 aliphatic rings. The van der Waals surface area contributed by atoms with Crippen LogP contribution >= 0.6 is 0 Å². The van der Waals surface area contributed by atoms with Gasteiger partial charge in [-0.25, -0.2) is 0 Å². The minimum absolute atomic E-state index is 0.126. The average molecular weight is 281 g/mol. The zero-order valence-electron chi connectivity index (χ0n) is 12.1. The van der Waals surface area contributed by atoms with Crippen LogP contribution in [-0.4, -0.2) is 42.9 Å². The molecule has 1 amide bonds. The first kappa shape index (κ1) is 14.9. The molecule has 3 N–H and O–H groups in total. The fraction of sp³-hybridized carbons (Fsp3) is 0.643. The highest BCUT2D eigenvalue weighted by atomic mass is 16.5.